The Labute approximate surface area is 109 Å². The van der Waals surface area contributed by atoms with Crippen molar-refractivity contribution in [1.82, 2.24) is 10.2 Å². The van der Waals surface area contributed by atoms with E-state index in [0.717, 1.165) is 0 Å². The zero-order chi connectivity index (χ0) is 13.0. The van der Waals surface area contributed by atoms with Gasteiger partial charge in [-0.05, 0) is 32.3 Å². The molecule has 1 fully saturated rings. The van der Waals surface area contributed by atoms with Gasteiger partial charge in [0, 0.05) is 18.6 Å². The quantitative estimate of drug-likeness (QED) is 0.834. The minimum atomic E-state index is 0.195. The van der Waals surface area contributed by atoms with Gasteiger partial charge in [0.15, 0.2) is 0 Å². The molecule has 0 spiro atoms. The molecule has 0 unspecified atom stereocenters. The van der Waals surface area contributed by atoms with Gasteiger partial charge in [-0.3, -0.25) is 4.79 Å². The van der Waals surface area contributed by atoms with Gasteiger partial charge >= 0.3 is 0 Å². The van der Waals surface area contributed by atoms with Gasteiger partial charge < -0.3 is 10.2 Å². The molecular weight excluding hydrogens is 224 g/mol. The van der Waals surface area contributed by atoms with Crippen LogP contribution in [0, 0.1) is 0 Å². The number of hydrogen-bond acceptors (Lipinski definition) is 2. The summed E-state index contributed by atoms with van der Waals surface area (Å²) in [6, 6.07) is 11.0. The highest BCUT2D eigenvalue weighted by Gasteiger charge is 2.23. The van der Waals surface area contributed by atoms with E-state index < -0.39 is 0 Å². The summed E-state index contributed by atoms with van der Waals surface area (Å²) in [5.41, 5.74) is 1.19. The second kappa shape index (κ2) is 6.01. The molecular formula is C15H22N2O. The average Bonchev–Trinajstić information content (AvgIpc) is 3.18. The molecule has 1 N–H and O–H groups in total. The molecule has 98 valence electrons. The van der Waals surface area contributed by atoms with E-state index in [-0.39, 0.29) is 11.9 Å². The van der Waals surface area contributed by atoms with Crippen LogP contribution in [-0.4, -0.2) is 29.4 Å². The fourth-order valence-corrected chi connectivity index (χ4v) is 1.96. The molecule has 0 heterocycles. The van der Waals surface area contributed by atoms with Gasteiger partial charge in [-0.1, -0.05) is 30.3 Å². The van der Waals surface area contributed by atoms with Gasteiger partial charge in [0.25, 0.3) is 0 Å². The van der Waals surface area contributed by atoms with Gasteiger partial charge in [0.05, 0.1) is 6.54 Å². The maximum Gasteiger partial charge on any atom is 0.237 e. The van der Waals surface area contributed by atoms with E-state index in [9.17, 15) is 4.79 Å². The minimum Gasteiger partial charge on any atom is -0.335 e. The van der Waals surface area contributed by atoms with Crippen molar-refractivity contribution in [3.8, 4) is 0 Å². The van der Waals surface area contributed by atoms with Gasteiger partial charge in [0.1, 0.15) is 0 Å². The van der Waals surface area contributed by atoms with Crippen LogP contribution in [0.5, 0.6) is 0 Å². The van der Waals surface area contributed by atoms with Gasteiger partial charge in [-0.25, -0.2) is 0 Å². The summed E-state index contributed by atoms with van der Waals surface area (Å²) in [4.78, 5) is 14.1. The van der Waals surface area contributed by atoms with E-state index in [1.807, 2.05) is 23.1 Å². The van der Waals surface area contributed by atoms with Crippen LogP contribution < -0.4 is 5.32 Å². The molecule has 0 bridgehead atoms. The molecule has 0 aromatic heterocycles. The van der Waals surface area contributed by atoms with E-state index in [2.05, 4.69) is 31.3 Å². The smallest absolute Gasteiger partial charge is 0.237 e. The number of benzene rings is 1. The minimum absolute atomic E-state index is 0.195. The molecule has 1 aromatic rings. The SMILES string of the molecule is CC(C)N(Cc1ccccc1)C(=O)CNC1CC1. The molecule has 0 saturated heterocycles. The number of carbonyl (C=O) groups is 1. The first-order valence-electron chi connectivity index (χ1n) is 6.73. The number of nitrogens with zero attached hydrogens (tertiary/aromatic N) is 1. The molecule has 3 nitrogen and oxygen atoms in total. The third-order valence-corrected chi connectivity index (χ3v) is 3.26. The van der Waals surface area contributed by atoms with Crippen molar-refractivity contribution in [1.29, 1.82) is 0 Å². The lowest BCUT2D eigenvalue weighted by Gasteiger charge is -2.27. The van der Waals surface area contributed by atoms with Crippen LogP contribution in [0.2, 0.25) is 0 Å². The Morgan fingerprint density at radius 1 is 1.33 bits per heavy atom. The summed E-state index contributed by atoms with van der Waals surface area (Å²) >= 11 is 0. The van der Waals surface area contributed by atoms with Crippen molar-refractivity contribution in [3.63, 3.8) is 0 Å². The van der Waals surface area contributed by atoms with Gasteiger partial charge in [-0.2, -0.15) is 0 Å². The van der Waals surface area contributed by atoms with Crippen molar-refractivity contribution in [2.24, 2.45) is 0 Å². The maximum atomic E-state index is 12.2. The van der Waals surface area contributed by atoms with Gasteiger partial charge in [-0.15, -0.1) is 0 Å². The molecule has 2 rings (SSSR count). The topological polar surface area (TPSA) is 32.3 Å². The highest BCUT2D eigenvalue weighted by Crippen LogP contribution is 2.18. The van der Waals surface area contributed by atoms with Crippen LogP contribution in [0.25, 0.3) is 0 Å². The van der Waals surface area contributed by atoms with Crippen LogP contribution in [0.15, 0.2) is 30.3 Å². The van der Waals surface area contributed by atoms with E-state index in [1.165, 1.54) is 18.4 Å². The Hall–Kier alpha value is -1.35. The molecule has 1 saturated carbocycles. The zero-order valence-electron chi connectivity index (χ0n) is 11.2. The maximum absolute atomic E-state index is 12.2. The molecule has 1 aliphatic carbocycles. The highest BCUT2D eigenvalue weighted by molar-refractivity contribution is 5.78. The van der Waals surface area contributed by atoms with Crippen LogP contribution in [-0.2, 0) is 11.3 Å². The first-order valence-corrected chi connectivity index (χ1v) is 6.73. The van der Waals surface area contributed by atoms with E-state index in [0.29, 0.717) is 19.1 Å². The van der Waals surface area contributed by atoms with Crippen molar-refractivity contribution in [2.45, 2.75) is 45.3 Å². The summed E-state index contributed by atoms with van der Waals surface area (Å²) in [5, 5.41) is 3.29. The molecule has 0 atom stereocenters. The summed E-state index contributed by atoms with van der Waals surface area (Å²) in [7, 11) is 0. The lowest BCUT2D eigenvalue weighted by atomic mass is 10.2. The number of hydrogen-bond donors (Lipinski definition) is 1. The number of nitrogens with one attached hydrogen (secondary N) is 1. The second-order valence-corrected chi connectivity index (χ2v) is 5.26. The number of amides is 1. The molecule has 1 aromatic carbocycles. The Morgan fingerprint density at radius 3 is 2.56 bits per heavy atom. The molecule has 0 radical (unpaired) electrons. The first kappa shape index (κ1) is 13.1. The Bertz CT molecular complexity index is 385. The monoisotopic (exact) mass is 246 g/mol. The van der Waals surface area contributed by atoms with Crippen LogP contribution in [0.4, 0.5) is 0 Å². The Morgan fingerprint density at radius 2 is 2.00 bits per heavy atom. The van der Waals surface area contributed by atoms with Crippen LogP contribution >= 0.6 is 0 Å². The lowest BCUT2D eigenvalue weighted by molar-refractivity contribution is -0.132. The van der Waals surface area contributed by atoms with Gasteiger partial charge in [0.2, 0.25) is 5.91 Å². The van der Waals surface area contributed by atoms with Crippen LogP contribution in [0.3, 0.4) is 0 Å². The largest absolute Gasteiger partial charge is 0.335 e. The standard InChI is InChI=1S/C15H22N2O/c1-12(2)17(11-13-6-4-3-5-7-13)15(18)10-16-14-8-9-14/h3-7,12,14,16H,8-11H2,1-2H3. The summed E-state index contributed by atoms with van der Waals surface area (Å²) in [6.07, 6.45) is 2.43. The Balaban J connectivity index is 1.91. The third kappa shape index (κ3) is 3.84. The van der Waals surface area contributed by atoms with Crippen molar-refractivity contribution in [2.75, 3.05) is 6.54 Å². The van der Waals surface area contributed by atoms with Crippen molar-refractivity contribution >= 4 is 5.91 Å². The highest BCUT2D eigenvalue weighted by atomic mass is 16.2. The molecule has 1 amide bonds. The van der Waals surface area contributed by atoms with Crippen LogP contribution in [0.1, 0.15) is 32.3 Å². The summed E-state index contributed by atoms with van der Waals surface area (Å²) in [5.74, 6) is 0.195. The number of carbonyl (C=O) groups excluding carboxylic acids is 1. The molecule has 18 heavy (non-hydrogen) atoms. The molecule has 0 aliphatic heterocycles. The normalized spacial score (nSPS) is 14.8. The lowest BCUT2D eigenvalue weighted by Crippen LogP contribution is -2.42. The average molecular weight is 246 g/mol. The van der Waals surface area contributed by atoms with E-state index in [4.69, 9.17) is 0 Å². The van der Waals surface area contributed by atoms with Crippen molar-refractivity contribution < 1.29 is 4.79 Å². The zero-order valence-corrected chi connectivity index (χ0v) is 11.2. The van der Waals surface area contributed by atoms with E-state index in [1.54, 1.807) is 0 Å². The summed E-state index contributed by atoms with van der Waals surface area (Å²) < 4.78 is 0. The molecule has 1 aliphatic rings. The third-order valence-electron chi connectivity index (χ3n) is 3.26. The predicted molar refractivity (Wildman–Crippen MR) is 73.2 cm³/mol. The Kier molecular flexibility index (Phi) is 4.37. The second-order valence-electron chi connectivity index (χ2n) is 5.26. The van der Waals surface area contributed by atoms with Crippen molar-refractivity contribution in [3.05, 3.63) is 35.9 Å². The first-order chi connectivity index (χ1) is 8.66. The number of rotatable bonds is 6. The summed E-state index contributed by atoms with van der Waals surface area (Å²) in [6.45, 7) is 5.30. The predicted octanol–water partition coefficient (Wildman–Crippen LogP) is 2.18. The fourth-order valence-electron chi connectivity index (χ4n) is 1.96. The molecule has 3 heteroatoms. The fraction of sp³-hybridized carbons (Fsp3) is 0.533. The van der Waals surface area contributed by atoms with E-state index >= 15 is 0 Å².